The first kappa shape index (κ1) is 22.1. The summed E-state index contributed by atoms with van der Waals surface area (Å²) in [7, 11) is 0. The van der Waals surface area contributed by atoms with E-state index >= 15 is 0 Å². The molecule has 0 heterocycles. The predicted octanol–water partition coefficient (Wildman–Crippen LogP) is 3.56. The van der Waals surface area contributed by atoms with Crippen molar-refractivity contribution in [2.24, 2.45) is 0 Å². The van der Waals surface area contributed by atoms with Gasteiger partial charge in [0.25, 0.3) is 11.8 Å². The molecule has 0 unspecified atom stereocenters. The lowest BCUT2D eigenvalue weighted by molar-refractivity contribution is -0.148. The molecule has 0 aliphatic heterocycles. The average molecular weight is 397 g/mol. The van der Waals surface area contributed by atoms with E-state index in [-0.39, 0.29) is 18.4 Å². The highest BCUT2D eigenvalue weighted by molar-refractivity contribution is 6.05. The highest BCUT2D eigenvalue weighted by Gasteiger charge is 2.16. The van der Waals surface area contributed by atoms with Crippen LogP contribution in [0.2, 0.25) is 0 Å². The fraction of sp³-hybridized carbons (Fsp3) is 0.348. The van der Waals surface area contributed by atoms with Gasteiger partial charge >= 0.3 is 5.97 Å². The zero-order chi connectivity index (χ0) is 21.4. The number of benzene rings is 2. The van der Waals surface area contributed by atoms with Crippen LogP contribution in [-0.4, -0.2) is 31.0 Å². The third-order valence-corrected chi connectivity index (χ3v) is 4.19. The average Bonchev–Trinajstić information content (AvgIpc) is 2.66. The number of rotatable bonds is 7. The van der Waals surface area contributed by atoms with Crippen LogP contribution in [0, 0.1) is 6.92 Å². The van der Waals surface area contributed by atoms with Gasteiger partial charge in [0.1, 0.15) is 5.75 Å². The fourth-order valence-corrected chi connectivity index (χ4v) is 2.53. The lowest BCUT2D eigenvalue weighted by atomic mass is 9.87. The van der Waals surface area contributed by atoms with Crippen molar-refractivity contribution in [3.63, 3.8) is 0 Å². The summed E-state index contributed by atoms with van der Waals surface area (Å²) in [5.74, 6) is -1.12. The van der Waals surface area contributed by atoms with E-state index in [9.17, 15) is 14.4 Å². The molecular formula is C23H27NO5. The van der Waals surface area contributed by atoms with Crippen molar-refractivity contribution in [1.82, 2.24) is 5.32 Å². The van der Waals surface area contributed by atoms with E-state index in [2.05, 4.69) is 26.1 Å². The van der Waals surface area contributed by atoms with E-state index in [1.54, 1.807) is 18.2 Å². The van der Waals surface area contributed by atoms with Crippen LogP contribution in [0.3, 0.4) is 0 Å². The Kier molecular flexibility index (Phi) is 7.53. The quantitative estimate of drug-likeness (QED) is 0.723. The summed E-state index contributed by atoms with van der Waals surface area (Å²) in [4.78, 5) is 35.7. The number of ether oxygens (including phenoxy) is 2. The Morgan fingerprint density at radius 3 is 2.31 bits per heavy atom. The maximum Gasteiger partial charge on any atom is 0.309 e. The monoisotopic (exact) mass is 397 g/mol. The van der Waals surface area contributed by atoms with Crippen molar-refractivity contribution in [2.45, 2.75) is 39.5 Å². The van der Waals surface area contributed by atoms with Crippen molar-refractivity contribution >= 4 is 17.8 Å². The van der Waals surface area contributed by atoms with Gasteiger partial charge in [0.05, 0.1) is 13.0 Å². The molecule has 0 atom stereocenters. The fourth-order valence-electron chi connectivity index (χ4n) is 2.53. The van der Waals surface area contributed by atoms with Gasteiger partial charge in [0, 0.05) is 5.56 Å². The van der Waals surface area contributed by atoms with Crippen molar-refractivity contribution in [3.05, 3.63) is 65.2 Å². The summed E-state index contributed by atoms with van der Waals surface area (Å²) >= 11 is 0. The molecule has 154 valence electrons. The Morgan fingerprint density at radius 2 is 1.69 bits per heavy atom. The van der Waals surface area contributed by atoms with E-state index in [0.29, 0.717) is 11.3 Å². The van der Waals surface area contributed by atoms with Crippen molar-refractivity contribution in [3.8, 4) is 5.75 Å². The van der Waals surface area contributed by atoms with Crippen LogP contribution in [0.4, 0.5) is 0 Å². The molecule has 0 saturated heterocycles. The first-order chi connectivity index (χ1) is 13.6. The van der Waals surface area contributed by atoms with Gasteiger partial charge in [-0.3, -0.25) is 19.7 Å². The first-order valence-corrected chi connectivity index (χ1v) is 9.45. The summed E-state index contributed by atoms with van der Waals surface area (Å²) in [6, 6.07) is 14.5. The maximum atomic E-state index is 12.1. The molecule has 2 aromatic rings. The lowest BCUT2D eigenvalue weighted by Gasteiger charge is -2.18. The minimum absolute atomic E-state index is 0.00341. The van der Waals surface area contributed by atoms with E-state index < -0.39 is 24.4 Å². The highest BCUT2D eigenvalue weighted by atomic mass is 16.5. The first-order valence-electron chi connectivity index (χ1n) is 9.45. The predicted molar refractivity (Wildman–Crippen MR) is 110 cm³/mol. The maximum absolute atomic E-state index is 12.1. The third-order valence-electron chi connectivity index (χ3n) is 4.19. The van der Waals surface area contributed by atoms with Crippen molar-refractivity contribution in [1.29, 1.82) is 0 Å². The second-order valence-electron chi connectivity index (χ2n) is 7.78. The Bertz CT molecular complexity index is 866. The molecule has 0 aromatic heterocycles. The lowest BCUT2D eigenvalue weighted by Crippen LogP contribution is -2.34. The normalized spacial score (nSPS) is 10.9. The largest absolute Gasteiger partial charge is 0.493 e. The summed E-state index contributed by atoms with van der Waals surface area (Å²) in [5.41, 5.74) is 2.48. The molecule has 0 fully saturated rings. The molecule has 0 bridgehead atoms. The molecule has 0 aliphatic carbocycles. The number of imide groups is 1. The van der Waals surface area contributed by atoms with Crippen LogP contribution in [0.15, 0.2) is 48.5 Å². The summed E-state index contributed by atoms with van der Waals surface area (Å²) in [6.45, 7) is 7.79. The van der Waals surface area contributed by atoms with E-state index in [0.717, 1.165) is 11.1 Å². The third kappa shape index (κ3) is 7.41. The Labute approximate surface area is 171 Å². The summed E-state index contributed by atoms with van der Waals surface area (Å²) in [5, 5.41) is 2.21. The van der Waals surface area contributed by atoms with Gasteiger partial charge in [-0.2, -0.15) is 0 Å². The topological polar surface area (TPSA) is 81.7 Å². The molecule has 6 heteroatoms. The number of carbonyl (C=O) groups excluding carboxylic acids is 3. The second-order valence-corrected chi connectivity index (χ2v) is 7.78. The highest BCUT2D eigenvalue weighted by Crippen LogP contribution is 2.22. The number of carbonyl (C=O) groups is 3. The van der Waals surface area contributed by atoms with Gasteiger partial charge in [-0.15, -0.1) is 0 Å². The van der Waals surface area contributed by atoms with Crippen molar-refractivity contribution < 1.29 is 23.9 Å². The zero-order valence-corrected chi connectivity index (χ0v) is 17.3. The minimum atomic E-state index is -0.678. The molecule has 1 N–H and O–H groups in total. The molecule has 0 radical (unpaired) electrons. The number of aryl methyl sites for hydroxylation is 1. The zero-order valence-electron chi connectivity index (χ0n) is 17.3. The second kappa shape index (κ2) is 9.87. The molecular weight excluding hydrogens is 370 g/mol. The van der Waals surface area contributed by atoms with Gasteiger partial charge in [-0.05, 0) is 47.7 Å². The molecule has 2 amide bonds. The molecule has 0 aliphatic rings. The van der Waals surface area contributed by atoms with Crippen LogP contribution >= 0.6 is 0 Å². The Balaban J connectivity index is 1.71. The van der Waals surface area contributed by atoms with Crippen LogP contribution in [0.5, 0.6) is 5.75 Å². The van der Waals surface area contributed by atoms with Crippen LogP contribution in [-0.2, 0) is 19.7 Å². The SMILES string of the molecule is Cc1cccc(OCCC(=O)OCC(=O)NC(=O)c2ccc(C(C)(C)C)cc2)c1. The van der Waals surface area contributed by atoms with Gasteiger partial charge in [-0.25, -0.2) is 0 Å². The number of hydrogen-bond acceptors (Lipinski definition) is 5. The number of nitrogens with one attached hydrogen (secondary N) is 1. The van der Waals surface area contributed by atoms with Gasteiger partial charge < -0.3 is 9.47 Å². The Morgan fingerprint density at radius 1 is 1.00 bits per heavy atom. The van der Waals surface area contributed by atoms with E-state index in [1.807, 2.05) is 37.3 Å². The van der Waals surface area contributed by atoms with Gasteiger partial charge in [0.2, 0.25) is 0 Å². The van der Waals surface area contributed by atoms with Crippen molar-refractivity contribution in [2.75, 3.05) is 13.2 Å². The number of esters is 1. The standard InChI is InChI=1S/C23H27NO5/c1-16-6-5-7-19(14-16)28-13-12-21(26)29-15-20(25)24-22(27)17-8-10-18(11-9-17)23(2,3)4/h5-11,14H,12-13,15H2,1-4H3,(H,24,25,27). The molecule has 0 saturated carbocycles. The van der Waals surface area contributed by atoms with E-state index in [1.165, 1.54) is 0 Å². The minimum Gasteiger partial charge on any atom is -0.493 e. The molecule has 29 heavy (non-hydrogen) atoms. The summed E-state index contributed by atoms with van der Waals surface area (Å²) < 4.78 is 10.3. The van der Waals surface area contributed by atoms with Gasteiger partial charge in [-0.1, -0.05) is 45.0 Å². The summed E-state index contributed by atoms with van der Waals surface area (Å²) in [6.07, 6.45) is 0.00341. The van der Waals surface area contributed by atoms with E-state index in [4.69, 9.17) is 9.47 Å². The molecule has 2 aromatic carbocycles. The van der Waals surface area contributed by atoms with Crippen LogP contribution in [0.1, 0.15) is 48.7 Å². The molecule has 2 rings (SSSR count). The van der Waals surface area contributed by atoms with Crippen LogP contribution in [0.25, 0.3) is 0 Å². The van der Waals surface area contributed by atoms with Crippen LogP contribution < -0.4 is 10.1 Å². The van der Waals surface area contributed by atoms with Gasteiger partial charge in [0.15, 0.2) is 6.61 Å². The number of amides is 2. The molecule has 6 nitrogen and oxygen atoms in total. The smallest absolute Gasteiger partial charge is 0.309 e. The Hall–Kier alpha value is -3.15. The number of hydrogen-bond donors (Lipinski definition) is 1. The molecule has 0 spiro atoms.